The van der Waals surface area contributed by atoms with Crippen molar-refractivity contribution in [3.63, 3.8) is 0 Å². The second kappa shape index (κ2) is 9.46. The first-order valence-corrected chi connectivity index (χ1v) is 12.3. The van der Waals surface area contributed by atoms with E-state index in [1.54, 1.807) is 7.05 Å². The van der Waals surface area contributed by atoms with Crippen LogP contribution >= 0.6 is 0 Å². The van der Waals surface area contributed by atoms with Crippen LogP contribution in [-0.2, 0) is 11.3 Å². The van der Waals surface area contributed by atoms with Crippen LogP contribution in [0, 0.1) is 19.7 Å². The van der Waals surface area contributed by atoms with Crippen molar-refractivity contribution in [2.75, 3.05) is 51.7 Å². The predicted octanol–water partition coefficient (Wildman–Crippen LogP) is 2.48. The molecule has 188 valence electrons. The Hall–Kier alpha value is -3.59. The molecule has 8 nitrogen and oxygen atoms in total. The number of amidine groups is 2. The lowest BCUT2D eigenvalue weighted by Gasteiger charge is -2.35. The zero-order valence-corrected chi connectivity index (χ0v) is 21.2. The van der Waals surface area contributed by atoms with Crippen LogP contribution in [0.4, 0.5) is 14.9 Å². The van der Waals surface area contributed by atoms with Crippen LogP contribution in [0.25, 0.3) is 0 Å². The lowest BCUT2D eigenvalue weighted by molar-refractivity contribution is -0.552. The second-order valence-electron chi connectivity index (χ2n) is 9.83. The molecule has 3 amide bonds. The van der Waals surface area contributed by atoms with Gasteiger partial charge in [0.15, 0.2) is 0 Å². The number of amides is 3. The summed E-state index contributed by atoms with van der Waals surface area (Å²) in [7, 11) is 3.21. The molecule has 3 aliphatic rings. The maximum atomic E-state index is 13.3. The first-order valence-electron chi connectivity index (χ1n) is 12.3. The van der Waals surface area contributed by atoms with Gasteiger partial charge in [-0.2, -0.15) is 0 Å². The number of piperazine rings is 1. The number of hydrogen-bond donors (Lipinski definition) is 0. The van der Waals surface area contributed by atoms with Crippen LogP contribution in [0.2, 0.25) is 0 Å². The van der Waals surface area contributed by atoms with Crippen molar-refractivity contribution in [1.82, 2.24) is 14.7 Å². The number of hydrogen-bond acceptors (Lipinski definition) is 5. The van der Waals surface area contributed by atoms with Crippen molar-refractivity contribution in [3.8, 4) is 0 Å². The lowest BCUT2D eigenvalue weighted by atomic mass is 10.0. The molecule has 0 radical (unpaired) electrons. The van der Waals surface area contributed by atoms with Crippen LogP contribution in [0.3, 0.4) is 0 Å². The van der Waals surface area contributed by atoms with Gasteiger partial charge in [0.05, 0.1) is 0 Å². The molecule has 2 fully saturated rings. The van der Waals surface area contributed by atoms with Gasteiger partial charge in [-0.05, 0) is 54.2 Å². The fourth-order valence-corrected chi connectivity index (χ4v) is 5.13. The first-order chi connectivity index (χ1) is 17.2. The Balaban J connectivity index is 1.41. The standard InChI is InChI=1S/C27H32FN6O2/c1-18-5-6-19(2)20(15-18)16-34-23(29-25-24(34)26(35)31(4)27(36)30(25)3)17-32-11-13-33(14-12-32)22-9-7-21(28)8-10-22/h5-10,15,24H,11-14,16-17H2,1-4H3/q+1. The minimum Gasteiger partial charge on any atom is -0.369 e. The number of fused-ring (bicyclic) bond motifs is 1. The highest BCUT2D eigenvalue weighted by atomic mass is 19.1. The van der Waals surface area contributed by atoms with Crippen LogP contribution in [0.5, 0.6) is 0 Å². The largest absolute Gasteiger partial charge is 0.369 e. The number of anilines is 1. The van der Waals surface area contributed by atoms with Crippen LogP contribution in [-0.4, -0.2) is 95.7 Å². The lowest BCUT2D eigenvalue weighted by Crippen LogP contribution is -2.61. The summed E-state index contributed by atoms with van der Waals surface area (Å²) >= 11 is 0. The number of likely N-dealkylation sites (N-methyl/N-ethyl adjacent to an activating group) is 2. The van der Waals surface area contributed by atoms with E-state index in [1.165, 1.54) is 29.0 Å². The minimum atomic E-state index is -0.617. The van der Waals surface area contributed by atoms with Gasteiger partial charge in [0.25, 0.3) is 17.8 Å². The predicted molar refractivity (Wildman–Crippen MR) is 137 cm³/mol. The van der Waals surface area contributed by atoms with E-state index >= 15 is 0 Å². The van der Waals surface area contributed by atoms with E-state index < -0.39 is 6.04 Å². The summed E-state index contributed by atoms with van der Waals surface area (Å²) < 4.78 is 15.4. The van der Waals surface area contributed by atoms with E-state index in [0.717, 1.165) is 54.4 Å². The number of halogens is 1. The smallest absolute Gasteiger partial charge is 0.333 e. The molecular formula is C27H32FN6O2+. The molecule has 36 heavy (non-hydrogen) atoms. The minimum absolute atomic E-state index is 0.233. The molecule has 0 saturated carbocycles. The SMILES string of the molecule is Cc1ccc(C)c(C[N+]2=C(CN3CCN(c4ccc(F)cc4)CC3)N=C3C2C(=O)N(C)C(=O)N3C)c1. The summed E-state index contributed by atoms with van der Waals surface area (Å²) in [6.07, 6.45) is 0. The van der Waals surface area contributed by atoms with Gasteiger partial charge in [-0.1, -0.05) is 23.8 Å². The quantitative estimate of drug-likeness (QED) is 0.603. The number of benzene rings is 2. The summed E-state index contributed by atoms with van der Waals surface area (Å²) in [6.45, 7) is 8.52. The van der Waals surface area contributed by atoms with Crippen molar-refractivity contribution in [1.29, 1.82) is 0 Å². The Morgan fingerprint density at radius 3 is 2.36 bits per heavy atom. The molecule has 0 bridgehead atoms. The number of aryl methyl sites for hydroxylation is 2. The Kier molecular flexibility index (Phi) is 6.34. The average Bonchev–Trinajstić information content (AvgIpc) is 3.22. The number of carbonyl (C=O) groups excluding carboxylic acids is 2. The van der Waals surface area contributed by atoms with Crippen molar-refractivity contribution < 1.29 is 18.6 Å². The molecule has 1 atom stereocenters. The van der Waals surface area contributed by atoms with Crippen molar-refractivity contribution in [2.45, 2.75) is 26.4 Å². The van der Waals surface area contributed by atoms with Crippen LogP contribution < -0.4 is 4.90 Å². The number of urea groups is 1. The molecule has 3 heterocycles. The van der Waals surface area contributed by atoms with Gasteiger partial charge in [-0.15, -0.1) is 0 Å². The van der Waals surface area contributed by atoms with Gasteiger partial charge in [-0.3, -0.25) is 19.5 Å². The first kappa shape index (κ1) is 24.1. The van der Waals surface area contributed by atoms with Crippen molar-refractivity contribution >= 4 is 29.3 Å². The number of rotatable bonds is 5. The third kappa shape index (κ3) is 4.39. The molecule has 2 aromatic carbocycles. The van der Waals surface area contributed by atoms with E-state index in [4.69, 9.17) is 4.99 Å². The Morgan fingerprint density at radius 1 is 0.972 bits per heavy atom. The van der Waals surface area contributed by atoms with Gasteiger partial charge >= 0.3 is 11.9 Å². The molecule has 0 aliphatic carbocycles. The molecule has 3 aliphatic heterocycles. The highest BCUT2D eigenvalue weighted by Gasteiger charge is 2.53. The summed E-state index contributed by atoms with van der Waals surface area (Å²) in [6, 6.07) is 12.0. The van der Waals surface area contributed by atoms with E-state index in [1.807, 2.05) is 12.1 Å². The van der Waals surface area contributed by atoms with Gasteiger partial charge < -0.3 is 4.90 Å². The zero-order chi connectivity index (χ0) is 25.6. The topological polar surface area (TPSA) is 62.5 Å². The van der Waals surface area contributed by atoms with Gasteiger partial charge in [0.1, 0.15) is 18.9 Å². The molecule has 0 spiro atoms. The molecule has 2 aromatic rings. The third-order valence-corrected chi connectivity index (χ3v) is 7.39. The molecule has 9 heteroatoms. The monoisotopic (exact) mass is 491 g/mol. The Bertz CT molecular complexity index is 1260. The Labute approximate surface area is 210 Å². The van der Waals surface area contributed by atoms with E-state index in [9.17, 15) is 14.0 Å². The van der Waals surface area contributed by atoms with E-state index in [-0.39, 0.29) is 17.8 Å². The fourth-order valence-electron chi connectivity index (χ4n) is 5.13. The maximum Gasteiger partial charge on any atom is 0.333 e. The highest BCUT2D eigenvalue weighted by molar-refractivity contribution is 6.23. The summed E-state index contributed by atoms with van der Waals surface area (Å²) in [4.78, 5) is 38.0. The fraction of sp³-hybridized carbons (Fsp3) is 0.407. The van der Waals surface area contributed by atoms with Gasteiger partial charge in [0, 0.05) is 46.0 Å². The Morgan fingerprint density at radius 2 is 1.67 bits per heavy atom. The van der Waals surface area contributed by atoms with Crippen molar-refractivity contribution in [2.24, 2.45) is 4.99 Å². The van der Waals surface area contributed by atoms with Crippen molar-refractivity contribution in [3.05, 3.63) is 65.0 Å². The summed E-state index contributed by atoms with van der Waals surface area (Å²) in [5.74, 6) is 0.809. The molecule has 2 saturated heterocycles. The zero-order valence-electron chi connectivity index (χ0n) is 21.2. The number of aliphatic imine (C=N–C) groups is 1. The van der Waals surface area contributed by atoms with Crippen LogP contribution in [0.1, 0.15) is 16.7 Å². The molecular weight excluding hydrogens is 459 g/mol. The molecule has 0 aromatic heterocycles. The molecule has 0 N–H and O–H groups in total. The van der Waals surface area contributed by atoms with Gasteiger partial charge in [-0.25, -0.2) is 13.8 Å². The third-order valence-electron chi connectivity index (χ3n) is 7.39. The molecule has 5 rings (SSSR count). The summed E-state index contributed by atoms with van der Waals surface area (Å²) in [5, 5.41) is 0. The highest BCUT2D eigenvalue weighted by Crippen LogP contribution is 2.23. The maximum absolute atomic E-state index is 13.3. The second-order valence-corrected chi connectivity index (χ2v) is 9.83. The van der Waals surface area contributed by atoms with E-state index in [2.05, 4.69) is 46.4 Å². The van der Waals surface area contributed by atoms with Crippen LogP contribution in [0.15, 0.2) is 47.5 Å². The van der Waals surface area contributed by atoms with E-state index in [0.29, 0.717) is 18.9 Å². The average molecular weight is 492 g/mol. The molecule has 1 unspecified atom stereocenters. The number of nitrogens with zero attached hydrogens (tertiary/aromatic N) is 6. The summed E-state index contributed by atoms with van der Waals surface area (Å²) in [5.41, 5.74) is 4.47. The number of imide groups is 1. The number of carbonyl (C=O) groups is 2. The van der Waals surface area contributed by atoms with Gasteiger partial charge in [0.2, 0.25) is 0 Å². The normalized spacial score (nSPS) is 20.9.